The van der Waals surface area contributed by atoms with Crippen LogP contribution in [0.1, 0.15) is 31.1 Å². The summed E-state index contributed by atoms with van der Waals surface area (Å²) in [6.07, 6.45) is 0. The summed E-state index contributed by atoms with van der Waals surface area (Å²) >= 11 is 0. The highest BCUT2D eigenvalue weighted by Gasteiger charge is 2.25. The van der Waals surface area contributed by atoms with Gasteiger partial charge in [0.2, 0.25) is 0 Å². The molecule has 1 aromatic rings. The average Bonchev–Trinajstić information content (AvgIpc) is 2.27. The number of hydrogen-bond acceptors (Lipinski definition) is 2. The molecule has 1 unspecified atom stereocenters. The van der Waals surface area contributed by atoms with Crippen LogP contribution in [0.3, 0.4) is 0 Å². The van der Waals surface area contributed by atoms with Crippen LogP contribution in [0, 0.1) is 5.92 Å². The van der Waals surface area contributed by atoms with E-state index in [1.54, 1.807) is 19.1 Å². The van der Waals surface area contributed by atoms with Crippen molar-refractivity contribution in [1.82, 2.24) is 5.32 Å². The van der Waals surface area contributed by atoms with Gasteiger partial charge in [-0.25, -0.2) is 0 Å². The molecule has 0 saturated carbocycles. The zero-order valence-corrected chi connectivity index (χ0v) is 10.0. The van der Waals surface area contributed by atoms with Gasteiger partial charge in [-0.2, -0.15) is 0 Å². The van der Waals surface area contributed by atoms with Gasteiger partial charge in [-0.05, 0) is 25.0 Å². The summed E-state index contributed by atoms with van der Waals surface area (Å²) in [6.45, 7) is 5.84. The molecule has 0 aliphatic rings. The number of carbonyl (C=O) groups excluding carboxylic acids is 1. The SMILES string of the molecule is CC(C)C(C)(O)CNC(=O)c1ccccc1. The Morgan fingerprint density at radius 1 is 1.38 bits per heavy atom. The molecule has 16 heavy (non-hydrogen) atoms. The molecule has 1 atom stereocenters. The predicted octanol–water partition coefficient (Wildman–Crippen LogP) is 1.82. The fraction of sp³-hybridized carbons (Fsp3) is 0.462. The first-order valence-corrected chi connectivity index (χ1v) is 5.49. The minimum atomic E-state index is -0.871. The molecule has 3 nitrogen and oxygen atoms in total. The van der Waals surface area contributed by atoms with Crippen molar-refractivity contribution < 1.29 is 9.90 Å². The Bertz CT molecular complexity index is 344. The van der Waals surface area contributed by atoms with Crippen LogP contribution in [0.2, 0.25) is 0 Å². The van der Waals surface area contributed by atoms with Crippen molar-refractivity contribution in [1.29, 1.82) is 0 Å². The average molecular weight is 221 g/mol. The van der Waals surface area contributed by atoms with Crippen molar-refractivity contribution in [3.05, 3.63) is 35.9 Å². The lowest BCUT2D eigenvalue weighted by Crippen LogP contribution is -2.44. The summed E-state index contributed by atoms with van der Waals surface area (Å²) in [6, 6.07) is 8.99. The van der Waals surface area contributed by atoms with Crippen molar-refractivity contribution in [2.75, 3.05) is 6.54 Å². The third kappa shape index (κ3) is 3.35. The molecule has 1 rings (SSSR count). The number of carbonyl (C=O) groups is 1. The Morgan fingerprint density at radius 3 is 2.44 bits per heavy atom. The Hall–Kier alpha value is -1.35. The molecule has 0 heterocycles. The molecule has 1 amide bonds. The molecule has 0 aliphatic heterocycles. The van der Waals surface area contributed by atoms with Crippen LogP contribution in [0.15, 0.2) is 30.3 Å². The monoisotopic (exact) mass is 221 g/mol. The van der Waals surface area contributed by atoms with Gasteiger partial charge in [0.05, 0.1) is 5.60 Å². The van der Waals surface area contributed by atoms with Crippen molar-refractivity contribution in [2.24, 2.45) is 5.92 Å². The van der Waals surface area contributed by atoms with Crippen LogP contribution in [-0.4, -0.2) is 23.2 Å². The molecule has 0 saturated heterocycles. The Kier molecular flexibility index (Phi) is 4.07. The molecule has 1 aromatic carbocycles. The van der Waals surface area contributed by atoms with E-state index < -0.39 is 5.60 Å². The Balaban J connectivity index is 2.54. The molecular formula is C13H19NO2. The lowest BCUT2D eigenvalue weighted by Gasteiger charge is -2.27. The van der Waals surface area contributed by atoms with Crippen LogP contribution in [0.5, 0.6) is 0 Å². The lowest BCUT2D eigenvalue weighted by molar-refractivity contribution is 0.0142. The van der Waals surface area contributed by atoms with Gasteiger partial charge in [0.1, 0.15) is 0 Å². The van der Waals surface area contributed by atoms with E-state index in [9.17, 15) is 9.90 Å². The molecule has 88 valence electrons. The molecule has 0 aromatic heterocycles. The molecule has 0 spiro atoms. The first-order valence-electron chi connectivity index (χ1n) is 5.49. The number of hydrogen-bond donors (Lipinski definition) is 2. The lowest BCUT2D eigenvalue weighted by atomic mass is 9.92. The van der Waals surface area contributed by atoms with E-state index in [4.69, 9.17) is 0 Å². The summed E-state index contributed by atoms with van der Waals surface area (Å²) in [5, 5.41) is 12.7. The summed E-state index contributed by atoms with van der Waals surface area (Å²) < 4.78 is 0. The number of nitrogens with one attached hydrogen (secondary N) is 1. The van der Waals surface area contributed by atoms with Gasteiger partial charge in [-0.15, -0.1) is 0 Å². The van der Waals surface area contributed by atoms with Crippen LogP contribution < -0.4 is 5.32 Å². The Labute approximate surface area is 96.5 Å². The first-order chi connectivity index (χ1) is 7.43. The van der Waals surface area contributed by atoms with E-state index in [-0.39, 0.29) is 18.4 Å². The van der Waals surface area contributed by atoms with Crippen molar-refractivity contribution in [3.63, 3.8) is 0 Å². The smallest absolute Gasteiger partial charge is 0.251 e. The van der Waals surface area contributed by atoms with Crippen LogP contribution in [0.4, 0.5) is 0 Å². The quantitative estimate of drug-likeness (QED) is 0.814. The molecule has 2 N–H and O–H groups in total. The van der Waals surface area contributed by atoms with E-state index in [2.05, 4.69) is 5.32 Å². The third-order valence-corrected chi connectivity index (χ3v) is 2.89. The highest BCUT2D eigenvalue weighted by atomic mass is 16.3. The minimum Gasteiger partial charge on any atom is -0.388 e. The predicted molar refractivity (Wildman–Crippen MR) is 64.2 cm³/mol. The van der Waals surface area contributed by atoms with E-state index in [0.29, 0.717) is 5.56 Å². The van der Waals surface area contributed by atoms with Crippen LogP contribution >= 0.6 is 0 Å². The minimum absolute atomic E-state index is 0.101. The number of amides is 1. The fourth-order valence-corrected chi connectivity index (χ4v) is 1.15. The van der Waals surface area contributed by atoms with Gasteiger partial charge in [-0.1, -0.05) is 32.0 Å². The van der Waals surface area contributed by atoms with Gasteiger partial charge < -0.3 is 10.4 Å². The molecular weight excluding hydrogens is 202 g/mol. The topological polar surface area (TPSA) is 49.3 Å². The first kappa shape index (κ1) is 12.7. The van der Waals surface area contributed by atoms with Crippen molar-refractivity contribution >= 4 is 5.91 Å². The maximum Gasteiger partial charge on any atom is 0.251 e. The molecule has 3 heteroatoms. The fourth-order valence-electron chi connectivity index (χ4n) is 1.15. The van der Waals surface area contributed by atoms with Crippen LogP contribution in [-0.2, 0) is 0 Å². The standard InChI is InChI=1S/C13H19NO2/c1-10(2)13(3,16)9-14-12(15)11-7-5-4-6-8-11/h4-8,10,16H,9H2,1-3H3,(H,14,15). The van der Waals surface area contributed by atoms with E-state index in [1.807, 2.05) is 32.0 Å². The summed E-state index contributed by atoms with van der Waals surface area (Å²) in [4.78, 5) is 11.7. The molecule has 0 fully saturated rings. The zero-order valence-electron chi connectivity index (χ0n) is 10.0. The summed E-state index contributed by atoms with van der Waals surface area (Å²) in [5.74, 6) is -0.0508. The number of rotatable bonds is 4. The van der Waals surface area contributed by atoms with Gasteiger partial charge in [-0.3, -0.25) is 4.79 Å². The van der Waals surface area contributed by atoms with Crippen molar-refractivity contribution in [2.45, 2.75) is 26.4 Å². The van der Waals surface area contributed by atoms with Gasteiger partial charge in [0.15, 0.2) is 0 Å². The van der Waals surface area contributed by atoms with Crippen LogP contribution in [0.25, 0.3) is 0 Å². The summed E-state index contributed by atoms with van der Waals surface area (Å²) in [5.41, 5.74) is -0.258. The normalized spacial score (nSPS) is 14.6. The van der Waals surface area contributed by atoms with Gasteiger partial charge in [0, 0.05) is 12.1 Å². The third-order valence-electron chi connectivity index (χ3n) is 2.89. The van der Waals surface area contributed by atoms with E-state index >= 15 is 0 Å². The van der Waals surface area contributed by atoms with Gasteiger partial charge >= 0.3 is 0 Å². The number of benzene rings is 1. The second-order valence-corrected chi connectivity index (χ2v) is 4.56. The number of aliphatic hydroxyl groups is 1. The maximum atomic E-state index is 11.7. The molecule has 0 radical (unpaired) electrons. The summed E-state index contributed by atoms with van der Waals surface area (Å²) in [7, 11) is 0. The van der Waals surface area contributed by atoms with E-state index in [1.165, 1.54) is 0 Å². The highest BCUT2D eigenvalue weighted by molar-refractivity contribution is 5.94. The van der Waals surface area contributed by atoms with E-state index in [0.717, 1.165) is 0 Å². The maximum absolute atomic E-state index is 11.7. The zero-order chi connectivity index (χ0) is 12.2. The largest absolute Gasteiger partial charge is 0.388 e. The van der Waals surface area contributed by atoms with Crippen molar-refractivity contribution in [3.8, 4) is 0 Å². The highest BCUT2D eigenvalue weighted by Crippen LogP contribution is 2.14. The second-order valence-electron chi connectivity index (χ2n) is 4.56. The van der Waals surface area contributed by atoms with Gasteiger partial charge in [0.25, 0.3) is 5.91 Å². The molecule has 0 bridgehead atoms. The Morgan fingerprint density at radius 2 is 1.94 bits per heavy atom. The molecule has 0 aliphatic carbocycles. The second kappa shape index (κ2) is 5.12.